The maximum Gasteiger partial charge on any atom is 0.127 e. The number of aryl methyl sites for hydroxylation is 1. The highest BCUT2D eigenvalue weighted by molar-refractivity contribution is 7.12. The van der Waals surface area contributed by atoms with Crippen molar-refractivity contribution in [3.05, 3.63) is 45.6 Å². The lowest BCUT2D eigenvalue weighted by molar-refractivity contribution is 0.193. The van der Waals surface area contributed by atoms with Crippen LogP contribution in [0.4, 0.5) is 0 Å². The molecule has 2 aromatic rings. The van der Waals surface area contributed by atoms with E-state index in [2.05, 4.69) is 30.0 Å². The highest BCUT2D eigenvalue weighted by Gasteiger charge is 2.24. The molecule has 0 spiro atoms. The Bertz CT molecular complexity index is 667. The number of hydrogen-bond donors (Lipinski definition) is 0. The molecule has 1 aromatic heterocycles. The predicted octanol–water partition coefficient (Wildman–Crippen LogP) is 5.19. The van der Waals surface area contributed by atoms with E-state index in [0.29, 0.717) is 6.04 Å². The summed E-state index contributed by atoms with van der Waals surface area (Å²) in [6.45, 7) is 4.27. The van der Waals surface area contributed by atoms with E-state index in [1.807, 2.05) is 23.5 Å². The van der Waals surface area contributed by atoms with Crippen LogP contribution in [0, 0.1) is 6.92 Å². The number of methoxy groups -OCH3 is 2. The molecular weight excluding hydrogens is 318 g/mol. The predicted molar refractivity (Wildman–Crippen MR) is 100 cm³/mol. The quantitative estimate of drug-likeness (QED) is 0.744. The van der Waals surface area contributed by atoms with Crippen LogP contribution in [0.15, 0.2) is 30.3 Å². The van der Waals surface area contributed by atoms with Gasteiger partial charge in [-0.1, -0.05) is 18.9 Å². The molecule has 2 heterocycles. The number of likely N-dealkylation sites (tertiary alicyclic amines) is 1. The average molecular weight is 346 g/mol. The number of thiophene rings is 1. The van der Waals surface area contributed by atoms with Crippen LogP contribution < -0.4 is 9.47 Å². The molecule has 0 unspecified atom stereocenters. The van der Waals surface area contributed by atoms with E-state index in [9.17, 15) is 0 Å². The summed E-state index contributed by atoms with van der Waals surface area (Å²) in [6, 6.07) is 11.2. The van der Waals surface area contributed by atoms with Crippen LogP contribution in [0.5, 0.6) is 11.5 Å². The highest BCUT2D eigenvalue weighted by atomic mass is 32.1. The molecule has 1 fully saturated rings. The van der Waals surface area contributed by atoms with Gasteiger partial charge < -0.3 is 9.47 Å². The van der Waals surface area contributed by atoms with Gasteiger partial charge in [0.1, 0.15) is 11.5 Å². The Morgan fingerprint density at radius 3 is 2.67 bits per heavy atom. The van der Waals surface area contributed by atoms with Gasteiger partial charge in [0.05, 0.1) is 14.2 Å². The van der Waals surface area contributed by atoms with Crippen molar-refractivity contribution in [1.82, 2.24) is 4.90 Å². The molecule has 3 rings (SSSR count). The molecule has 1 saturated heterocycles. The van der Waals surface area contributed by atoms with Gasteiger partial charge in [-0.05, 0) is 44.5 Å². The minimum absolute atomic E-state index is 0.526. The van der Waals surface area contributed by atoms with Gasteiger partial charge in [0.25, 0.3) is 0 Å². The average Bonchev–Trinajstić information content (AvgIpc) is 2.90. The van der Waals surface area contributed by atoms with Crippen LogP contribution >= 0.6 is 11.3 Å². The van der Waals surface area contributed by atoms with Crippen molar-refractivity contribution in [2.45, 2.75) is 45.2 Å². The zero-order valence-electron chi connectivity index (χ0n) is 14.9. The van der Waals surface area contributed by atoms with Crippen molar-refractivity contribution in [3.8, 4) is 11.5 Å². The standard InChI is InChI=1S/C20H27NO2S/c1-15-8-11-20(24-15)18-7-5-4-6-12-21(18)14-16-9-10-17(22-2)13-19(16)23-3/h8-11,13,18H,4-7,12,14H2,1-3H3/t18-/m1/s1. The minimum atomic E-state index is 0.526. The summed E-state index contributed by atoms with van der Waals surface area (Å²) in [7, 11) is 3.43. The Morgan fingerprint density at radius 2 is 1.96 bits per heavy atom. The smallest absolute Gasteiger partial charge is 0.127 e. The van der Waals surface area contributed by atoms with Crippen molar-refractivity contribution >= 4 is 11.3 Å². The van der Waals surface area contributed by atoms with Crippen molar-refractivity contribution in [2.75, 3.05) is 20.8 Å². The number of hydrogen-bond acceptors (Lipinski definition) is 4. The van der Waals surface area contributed by atoms with E-state index in [1.165, 1.54) is 41.0 Å². The maximum absolute atomic E-state index is 5.60. The van der Waals surface area contributed by atoms with Gasteiger partial charge in [-0.25, -0.2) is 0 Å². The van der Waals surface area contributed by atoms with Gasteiger partial charge in [-0.2, -0.15) is 0 Å². The highest BCUT2D eigenvalue weighted by Crippen LogP contribution is 2.36. The topological polar surface area (TPSA) is 21.7 Å². The van der Waals surface area contributed by atoms with Crippen LogP contribution in [0.2, 0.25) is 0 Å². The van der Waals surface area contributed by atoms with Crippen LogP contribution in [0.3, 0.4) is 0 Å². The first kappa shape index (κ1) is 17.3. The lowest BCUT2D eigenvalue weighted by Gasteiger charge is -2.30. The fraction of sp³-hybridized carbons (Fsp3) is 0.500. The summed E-state index contributed by atoms with van der Waals surface area (Å²) in [5, 5.41) is 0. The molecular formula is C20H27NO2S. The molecule has 0 bridgehead atoms. The number of nitrogens with zero attached hydrogens (tertiary/aromatic N) is 1. The van der Waals surface area contributed by atoms with E-state index >= 15 is 0 Å². The molecule has 1 aliphatic heterocycles. The van der Waals surface area contributed by atoms with Crippen molar-refractivity contribution in [2.24, 2.45) is 0 Å². The minimum Gasteiger partial charge on any atom is -0.497 e. The summed E-state index contributed by atoms with van der Waals surface area (Å²) in [5.74, 6) is 1.76. The van der Waals surface area contributed by atoms with Gasteiger partial charge >= 0.3 is 0 Å². The Labute approximate surface area is 149 Å². The van der Waals surface area contributed by atoms with Crippen LogP contribution in [-0.2, 0) is 6.54 Å². The molecule has 24 heavy (non-hydrogen) atoms. The molecule has 130 valence electrons. The molecule has 0 saturated carbocycles. The summed E-state index contributed by atoms with van der Waals surface area (Å²) < 4.78 is 10.9. The summed E-state index contributed by atoms with van der Waals surface area (Å²) in [5.41, 5.74) is 1.23. The van der Waals surface area contributed by atoms with E-state index in [4.69, 9.17) is 9.47 Å². The third-order valence-corrected chi connectivity index (χ3v) is 5.92. The fourth-order valence-corrected chi connectivity index (χ4v) is 4.56. The largest absolute Gasteiger partial charge is 0.497 e. The normalized spacial score (nSPS) is 19.0. The molecule has 1 aliphatic rings. The Hall–Kier alpha value is -1.52. The number of ether oxygens (including phenoxy) is 2. The second-order valence-electron chi connectivity index (χ2n) is 6.46. The van der Waals surface area contributed by atoms with Gasteiger partial charge in [-0.15, -0.1) is 11.3 Å². The first-order chi connectivity index (χ1) is 11.7. The third-order valence-electron chi connectivity index (χ3n) is 4.82. The van der Waals surface area contributed by atoms with Gasteiger partial charge in [0.2, 0.25) is 0 Å². The fourth-order valence-electron chi connectivity index (χ4n) is 3.51. The molecule has 0 amide bonds. The zero-order chi connectivity index (χ0) is 16.9. The third kappa shape index (κ3) is 3.93. The molecule has 1 atom stereocenters. The monoisotopic (exact) mass is 345 g/mol. The van der Waals surface area contributed by atoms with Crippen LogP contribution in [-0.4, -0.2) is 25.7 Å². The van der Waals surface area contributed by atoms with Crippen LogP contribution in [0.1, 0.15) is 47.0 Å². The van der Waals surface area contributed by atoms with E-state index < -0.39 is 0 Å². The summed E-state index contributed by atoms with van der Waals surface area (Å²) >= 11 is 1.94. The van der Waals surface area contributed by atoms with Gasteiger partial charge in [0, 0.05) is 34.0 Å². The Morgan fingerprint density at radius 1 is 1.08 bits per heavy atom. The second kappa shape index (κ2) is 8.04. The number of rotatable bonds is 5. The lowest BCUT2D eigenvalue weighted by Crippen LogP contribution is -2.27. The van der Waals surface area contributed by atoms with Crippen LogP contribution in [0.25, 0.3) is 0 Å². The molecule has 3 nitrogen and oxygen atoms in total. The van der Waals surface area contributed by atoms with Crippen molar-refractivity contribution in [3.63, 3.8) is 0 Å². The summed E-state index contributed by atoms with van der Waals surface area (Å²) in [6.07, 6.45) is 5.17. The SMILES string of the molecule is COc1ccc(CN2CCCCC[C@@H]2c2ccc(C)s2)c(OC)c1. The number of benzene rings is 1. The molecule has 0 aliphatic carbocycles. The van der Waals surface area contributed by atoms with Crippen molar-refractivity contribution in [1.29, 1.82) is 0 Å². The van der Waals surface area contributed by atoms with Crippen molar-refractivity contribution < 1.29 is 9.47 Å². The van der Waals surface area contributed by atoms with E-state index in [0.717, 1.165) is 24.6 Å². The molecule has 0 N–H and O–H groups in total. The molecule has 4 heteroatoms. The molecule has 0 radical (unpaired) electrons. The first-order valence-electron chi connectivity index (χ1n) is 8.72. The first-order valence-corrected chi connectivity index (χ1v) is 9.54. The van der Waals surface area contributed by atoms with Gasteiger partial charge in [0.15, 0.2) is 0 Å². The molecule has 1 aromatic carbocycles. The Balaban J connectivity index is 1.85. The zero-order valence-corrected chi connectivity index (χ0v) is 15.7. The maximum atomic E-state index is 5.60. The van der Waals surface area contributed by atoms with E-state index in [1.54, 1.807) is 14.2 Å². The van der Waals surface area contributed by atoms with Gasteiger partial charge in [-0.3, -0.25) is 4.90 Å². The Kier molecular flexibility index (Phi) is 5.80. The summed E-state index contributed by atoms with van der Waals surface area (Å²) in [4.78, 5) is 5.53. The second-order valence-corrected chi connectivity index (χ2v) is 7.78. The lowest BCUT2D eigenvalue weighted by atomic mass is 10.1. The van der Waals surface area contributed by atoms with E-state index in [-0.39, 0.29) is 0 Å².